The summed E-state index contributed by atoms with van der Waals surface area (Å²) in [7, 11) is 1.19. The van der Waals surface area contributed by atoms with Gasteiger partial charge in [0.25, 0.3) is 17.7 Å². The summed E-state index contributed by atoms with van der Waals surface area (Å²) in [6.07, 6.45) is -0.446. The van der Waals surface area contributed by atoms with Crippen molar-refractivity contribution >= 4 is 29.7 Å². The van der Waals surface area contributed by atoms with Crippen LogP contribution in [0.5, 0.6) is 0 Å². The number of amides is 5. The van der Waals surface area contributed by atoms with E-state index in [0.717, 1.165) is 16.0 Å². The number of ether oxygens (including phenoxy) is 1. The normalized spacial score (nSPS) is 13.2. The zero-order chi connectivity index (χ0) is 26.4. The third kappa shape index (κ3) is 5.56. The molecule has 1 heterocycles. The van der Waals surface area contributed by atoms with Crippen LogP contribution < -0.4 is 10.6 Å². The highest BCUT2D eigenvalue weighted by molar-refractivity contribution is 6.23. The van der Waals surface area contributed by atoms with Gasteiger partial charge >= 0.3 is 12.0 Å². The maximum atomic E-state index is 13.3. The number of benzene rings is 3. The summed E-state index contributed by atoms with van der Waals surface area (Å²) in [6, 6.07) is 21.8. The van der Waals surface area contributed by atoms with E-state index in [4.69, 9.17) is 0 Å². The van der Waals surface area contributed by atoms with E-state index in [1.807, 2.05) is 60.7 Å². The van der Waals surface area contributed by atoms with Gasteiger partial charge in [0.05, 0.1) is 24.3 Å². The molecular weight excluding hydrogens is 474 g/mol. The third-order valence-electron chi connectivity index (χ3n) is 6.07. The smallest absolute Gasteiger partial charge is 0.322 e. The van der Waals surface area contributed by atoms with E-state index in [1.54, 1.807) is 12.1 Å². The van der Waals surface area contributed by atoms with Crippen molar-refractivity contribution in [2.24, 2.45) is 0 Å². The highest BCUT2D eigenvalue weighted by Crippen LogP contribution is 2.26. The van der Waals surface area contributed by atoms with E-state index in [2.05, 4.69) is 15.4 Å². The van der Waals surface area contributed by atoms with Gasteiger partial charge in [-0.15, -0.1) is 0 Å². The molecule has 0 radical (unpaired) electrons. The van der Waals surface area contributed by atoms with Gasteiger partial charge in [-0.1, -0.05) is 72.8 Å². The number of rotatable bonds is 8. The summed E-state index contributed by atoms with van der Waals surface area (Å²) in [5.41, 5.74) is 1.89. The van der Waals surface area contributed by atoms with Gasteiger partial charge in [-0.25, -0.2) is 4.79 Å². The molecule has 5 amide bonds. The van der Waals surface area contributed by atoms with Gasteiger partial charge in [0, 0.05) is 6.42 Å². The fourth-order valence-corrected chi connectivity index (χ4v) is 4.24. The predicted octanol–water partition coefficient (Wildman–Crippen LogP) is 3.22. The van der Waals surface area contributed by atoms with Crippen LogP contribution in [0, 0.1) is 0 Å². The van der Waals surface area contributed by atoms with E-state index in [1.165, 1.54) is 19.2 Å². The standard InChI is InChI=1S/C28H25N3O6/c1-37-23(32)17-16-22(31-26(34)20-14-8-9-15-21(20)27(31)35)25(33)30-28(36)29-24(18-10-4-2-5-11-18)19-12-6-3-7-13-19/h2-15,22,24H,16-17H2,1H3,(H2,29,30,33,36)/t22-/m1/s1. The van der Waals surface area contributed by atoms with Crippen LogP contribution in [0.4, 0.5) is 4.79 Å². The average Bonchev–Trinajstić information content (AvgIpc) is 3.18. The van der Waals surface area contributed by atoms with E-state index in [-0.39, 0.29) is 24.0 Å². The van der Waals surface area contributed by atoms with Gasteiger partial charge in [-0.05, 0) is 29.7 Å². The van der Waals surface area contributed by atoms with E-state index < -0.39 is 41.8 Å². The first-order valence-electron chi connectivity index (χ1n) is 11.7. The largest absolute Gasteiger partial charge is 0.469 e. The Balaban J connectivity index is 1.55. The van der Waals surface area contributed by atoms with Crippen molar-refractivity contribution in [2.75, 3.05) is 7.11 Å². The van der Waals surface area contributed by atoms with Crippen LogP contribution in [0.25, 0.3) is 0 Å². The number of carbonyl (C=O) groups excluding carboxylic acids is 5. The Morgan fingerprint density at radius 2 is 1.27 bits per heavy atom. The molecule has 0 saturated heterocycles. The number of esters is 1. The lowest BCUT2D eigenvalue weighted by Crippen LogP contribution is -2.53. The molecule has 1 atom stereocenters. The summed E-state index contributed by atoms with van der Waals surface area (Å²) < 4.78 is 4.65. The number of nitrogens with one attached hydrogen (secondary N) is 2. The minimum Gasteiger partial charge on any atom is -0.469 e. The summed E-state index contributed by atoms with van der Waals surface area (Å²) in [5, 5.41) is 5.04. The number of carbonyl (C=O) groups is 5. The van der Waals surface area contributed by atoms with Crippen molar-refractivity contribution in [1.82, 2.24) is 15.5 Å². The molecule has 0 saturated carbocycles. The molecule has 0 unspecified atom stereocenters. The van der Waals surface area contributed by atoms with Gasteiger partial charge < -0.3 is 10.1 Å². The number of hydrogen-bond acceptors (Lipinski definition) is 6. The van der Waals surface area contributed by atoms with Gasteiger partial charge in [0.1, 0.15) is 6.04 Å². The molecule has 9 nitrogen and oxygen atoms in total. The molecule has 0 bridgehead atoms. The summed E-state index contributed by atoms with van der Waals surface area (Å²) >= 11 is 0. The molecule has 9 heteroatoms. The van der Waals surface area contributed by atoms with Gasteiger partial charge in [-0.2, -0.15) is 0 Å². The second kappa shape index (κ2) is 11.3. The van der Waals surface area contributed by atoms with E-state index >= 15 is 0 Å². The van der Waals surface area contributed by atoms with Crippen molar-refractivity contribution in [1.29, 1.82) is 0 Å². The van der Waals surface area contributed by atoms with Crippen molar-refractivity contribution < 1.29 is 28.7 Å². The molecule has 4 rings (SSSR count). The van der Waals surface area contributed by atoms with Crippen molar-refractivity contribution in [3.8, 4) is 0 Å². The van der Waals surface area contributed by atoms with Crippen LogP contribution >= 0.6 is 0 Å². The van der Waals surface area contributed by atoms with Crippen LogP contribution in [0.15, 0.2) is 84.9 Å². The van der Waals surface area contributed by atoms with Crippen LogP contribution in [-0.4, -0.2) is 47.8 Å². The van der Waals surface area contributed by atoms with Gasteiger partial charge in [-0.3, -0.25) is 29.4 Å². The zero-order valence-electron chi connectivity index (χ0n) is 20.0. The quantitative estimate of drug-likeness (QED) is 0.363. The highest BCUT2D eigenvalue weighted by Gasteiger charge is 2.43. The van der Waals surface area contributed by atoms with Crippen molar-refractivity contribution in [3.63, 3.8) is 0 Å². The molecule has 3 aromatic rings. The van der Waals surface area contributed by atoms with Gasteiger partial charge in [0.2, 0.25) is 0 Å². The maximum absolute atomic E-state index is 13.3. The number of imide groups is 2. The minimum atomic E-state index is -1.40. The van der Waals surface area contributed by atoms with Crippen LogP contribution in [0.2, 0.25) is 0 Å². The molecule has 37 heavy (non-hydrogen) atoms. The lowest BCUT2D eigenvalue weighted by atomic mass is 9.99. The zero-order valence-corrected chi connectivity index (χ0v) is 20.0. The molecular formula is C28H25N3O6. The second-order valence-electron chi connectivity index (χ2n) is 8.37. The molecule has 188 valence electrons. The van der Waals surface area contributed by atoms with Crippen molar-refractivity contribution in [2.45, 2.75) is 24.9 Å². The molecule has 1 aliphatic rings. The van der Waals surface area contributed by atoms with Gasteiger partial charge in [0.15, 0.2) is 0 Å². The predicted molar refractivity (Wildman–Crippen MR) is 133 cm³/mol. The first kappa shape index (κ1) is 25.3. The lowest BCUT2D eigenvalue weighted by molar-refractivity contribution is -0.141. The topological polar surface area (TPSA) is 122 Å². The highest BCUT2D eigenvalue weighted by atomic mass is 16.5. The number of hydrogen-bond donors (Lipinski definition) is 2. The first-order chi connectivity index (χ1) is 17.9. The molecule has 0 aliphatic carbocycles. The van der Waals surface area contributed by atoms with E-state index in [9.17, 15) is 24.0 Å². The Kier molecular flexibility index (Phi) is 7.73. The summed E-state index contributed by atoms with van der Waals surface area (Å²) in [5.74, 6) is -2.85. The Labute approximate surface area is 213 Å². The Morgan fingerprint density at radius 1 is 0.784 bits per heavy atom. The molecule has 3 aromatic carbocycles. The Hall–Kier alpha value is -4.79. The molecule has 0 spiro atoms. The third-order valence-corrected chi connectivity index (χ3v) is 6.07. The summed E-state index contributed by atoms with van der Waals surface area (Å²) in [6.45, 7) is 0. The Bertz CT molecular complexity index is 1250. The fraction of sp³-hybridized carbons (Fsp3) is 0.179. The number of methoxy groups -OCH3 is 1. The molecule has 0 fully saturated rings. The monoisotopic (exact) mass is 499 g/mol. The van der Waals surface area contributed by atoms with Crippen LogP contribution in [0.1, 0.15) is 50.7 Å². The molecule has 0 aromatic heterocycles. The summed E-state index contributed by atoms with van der Waals surface area (Å²) in [4.78, 5) is 64.9. The molecule has 2 N–H and O–H groups in total. The number of urea groups is 1. The molecule has 1 aliphatic heterocycles. The van der Waals surface area contributed by atoms with Crippen LogP contribution in [0.3, 0.4) is 0 Å². The maximum Gasteiger partial charge on any atom is 0.322 e. The SMILES string of the molecule is COC(=O)CC[C@H](C(=O)NC(=O)NC(c1ccccc1)c1ccccc1)N1C(=O)c2ccccc2C1=O. The first-order valence-corrected chi connectivity index (χ1v) is 11.7. The Morgan fingerprint density at radius 3 is 1.76 bits per heavy atom. The fourth-order valence-electron chi connectivity index (χ4n) is 4.24. The number of fused-ring (bicyclic) bond motifs is 1. The number of nitrogens with zero attached hydrogens (tertiary/aromatic N) is 1. The minimum absolute atomic E-state index is 0.154. The van der Waals surface area contributed by atoms with Crippen LogP contribution in [-0.2, 0) is 14.3 Å². The van der Waals surface area contributed by atoms with E-state index in [0.29, 0.717) is 0 Å². The lowest BCUT2D eigenvalue weighted by Gasteiger charge is -2.26. The van der Waals surface area contributed by atoms with Crippen molar-refractivity contribution in [3.05, 3.63) is 107 Å². The average molecular weight is 500 g/mol. The second-order valence-corrected chi connectivity index (χ2v) is 8.37.